The van der Waals surface area contributed by atoms with Crippen molar-refractivity contribution < 1.29 is 19.6 Å². The number of hydrogen-bond acceptors (Lipinski definition) is 5. The van der Waals surface area contributed by atoms with Crippen molar-refractivity contribution in [1.82, 2.24) is 0 Å². The fourth-order valence-electron chi connectivity index (χ4n) is 1.40. The van der Waals surface area contributed by atoms with Crippen LogP contribution in [0.3, 0.4) is 0 Å². The molecule has 1 aromatic rings. The minimum Gasteiger partial charge on any atom is -0.463 e. The fraction of sp³-hybridized carbons (Fsp3) is 0.417. The molecular formula is C12H15NO5. The topological polar surface area (TPSA) is 89.7 Å². The van der Waals surface area contributed by atoms with Crippen LogP contribution in [0.1, 0.15) is 31.9 Å². The molecule has 0 heterocycles. The molecule has 1 aromatic carbocycles. The number of hydrogen-bond donors (Lipinski definition) is 1. The number of nitro groups is 1. The highest BCUT2D eigenvalue weighted by molar-refractivity contribution is 5.70. The SMILES string of the molecule is CC(C)OC(=O)CC(O)c1ccc([N+](=O)[O-])cc1. The third kappa shape index (κ3) is 4.14. The number of aliphatic hydroxyl groups is 1. The van der Waals surface area contributed by atoms with E-state index in [0.717, 1.165) is 0 Å². The molecule has 0 aliphatic rings. The van der Waals surface area contributed by atoms with Gasteiger partial charge in [-0.05, 0) is 31.5 Å². The Morgan fingerprint density at radius 1 is 1.39 bits per heavy atom. The van der Waals surface area contributed by atoms with Gasteiger partial charge in [0.2, 0.25) is 0 Å². The minimum atomic E-state index is -1.02. The van der Waals surface area contributed by atoms with Crippen LogP contribution in [0.15, 0.2) is 24.3 Å². The van der Waals surface area contributed by atoms with E-state index in [9.17, 15) is 20.0 Å². The van der Waals surface area contributed by atoms with Gasteiger partial charge in [0.05, 0.1) is 23.6 Å². The number of nitro benzene ring substituents is 1. The maximum atomic E-state index is 11.3. The molecule has 6 heteroatoms. The molecule has 1 unspecified atom stereocenters. The highest BCUT2D eigenvalue weighted by Crippen LogP contribution is 2.20. The van der Waals surface area contributed by atoms with Crippen molar-refractivity contribution in [1.29, 1.82) is 0 Å². The summed E-state index contributed by atoms with van der Waals surface area (Å²) in [7, 11) is 0. The summed E-state index contributed by atoms with van der Waals surface area (Å²) in [6.07, 6.45) is -1.42. The second-order valence-electron chi connectivity index (χ2n) is 4.11. The number of non-ortho nitro benzene ring substituents is 1. The zero-order chi connectivity index (χ0) is 13.7. The number of rotatable bonds is 5. The van der Waals surface area contributed by atoms with Gasteiger partial charge in [-0.2, -0.15) is 0 Å². The zero-order valence-corrected chi connectivity index (χ0v) is 10.2. The third-order valence-electron chi connectivity index (χ3n) is 2.22. The van der Waals surface area contributed by atoms with E-state index in [4.69, 9.17) is 4.74 Å². The molecule has 1 N–H and O–H groups in total. The average molecular weight is 253 g/mol. The summed E-state index contributed by atoms with van der Waals surface area (Å²) in [6.45, 7) is 3.44. The first-order valence-corrected chi connectivity index (χ1v) is 5.52. The van der Waals surface area contributed by atoms with Crippen molar-refractivity contribution in [2.45, 2.75) is 32.5 Å². The molecule has 0 aromatic heterocycles. The van der Waals surface area contributed by atoms with Gasteiger partial charge in [0.1, 0.15) is 0 Å². The molecule has 98 valence electrons. The number of aliphatic hydroxyl groups excluding tert-OH is 1. The van der Waals surface area contributed by atoms with E-state index in [1.165, 1.54) is 24.3 Å². The zero-order valence-electron chi connectivity index (χ0n) is 10.2. The summed E-state index contributed by atoms with van der Waals surface area (Å²) in [5.41, 5.74) is 0.386. The second-order valence-corrected chi connectivity index (χ2v) is 4.11. The summed E-state index contributed by atoms with van der Waals surface area (Å²) in [5, 5.41) is 20.2. The standard InChI is InChI=1S/C12H15NO5/c1-8(2)18-12(15)7-11(14)9-3-5-10(6-4-9)13(16)17/h3-6,8,11,14H,7H2,1-2H3. The Balaban J connectivity index is 2.64. The van der Waals surface area contributed by atoms with Crippen LogP contribution in [-0.2, 0) is 9.53 Å². The lowest BCUT2D eigenvalue weighted by atomic mass is 10.1. The van der Waals surface area contributed by atoms with Gasteiger partial charge < -0.3 is 9.84 Å². The van der Waals surface area contributed by atoms with Crippen molar-refractivity contribution in [3.8, 4) is 0 Å². The molecule has 1 atom stereocenters. The first-order chi connectivity index (χ1) is 8.40. The van der Waals surface area contributed by atoms with E-state index in [2.05, 4.69) is 0 Å². The number of carbonyl (C=O) groups excluding carboxylic acids is 1. The first-order valence-electron chi connectivity index (χ1n) is 5.52. The Hall–Kier alpha value is -1.95. The molecule has 0 spiro atoms. The normalized spacial score (nSPS) is 12.2. The molecule has 6 nitrogen and oxygen atoms in total. The van der Waals surface area contributed by atoms with E-state index in [1.54, 1.807) is 13.8 Å². The Morgan fingerprint density at radius 3 is 2.39 bits per heavy atom. The number of esters is 1. The smallest absolute Gasteiger partial charge is 0.309 e. The van der Waals surface area contributed by atoms with Crippen molar-refractivity contribution in [3.05, 3.63) is 39.9 Å². The first kappa shape index (κ1) is 14.1. The van der Waals surface area contributed by atoms with Crippen LogP contribution < -0.4 is 0 Å². The van der Waals surface area contributed by atoms with E-state index in [1.807, 2.05) is 0 Å². The van der Waals surface area contributed by atoms with Gasteiger partial charge in [-0.1, -0.05) is 0 Å². The Kier molecular flexibility index (Phi) is 4.79. The van der Waals surface area contributed by atoms with Crippen molar-refractivity contribution in [2.24, 2.45) is 0 Å². The van der Waals surface area contributed by atoms with Crippen molar-refractivity contribution in [3.63, 3.8) is 0 Å². The van der Waals surface area contributed by atoms with Crippen LogP contribution in [0, 0.1) is 10.1 Å². The lowest BCUT2D eigenvalue weighted by Gasteiger charge is -2.12. The molecule has 0 saturated carbocycles. The second kappa shape index (κ2) is 6.11. The van der Waals surface area contributed by atoms with E-state index in [0.29, 0.717) is 5.56 Å². The number of carbonyl (C=O) groups is 1. The van der Waals surface area contributed by atoms with E-state index < -0.39 is 17.0 Å². The number of ether oxygens (including phenoxy) is 1. The molecule has 0 amide bonds. The molecule has 0 aliphatic carbocycles. The molecule has 0 aliphatic heterocycles. The van der Waals surface area contributed by atoms with E-state index in [-0.39, 0.29) is 18.2 Å². The minimum absolute atomic E-state index is 0.0595. The third-order valence-corrected chi connectivity index (χ3v) is 2.22. The molecule has 0 radical (unpaired) electrons. The summed E-state index contributed by atoms with van der Waals surface area (Å²) >= 11 is 0. The fourth-order valence-corrected chi connectivity index (χ4v) is 1.40. The molecule has 0 bridgehead atoms. The summed E-state index contributed by atoms with van der Waals surface area (Å²) in [4.78, 5) is 21.2. The van der Waals surface area contributed by atoms with Gasteiger partial charge in [0, 0.05) is 12.1 Å². The Morgan fingerprint density at radius 2 is 1.94 bits per heavy atom. The Bertz CT molecular complexity index is 427. The maximum absolute atomic E-state index is 11.3. The summed E-state index contributed by atoms with van der Waals surface area (Å²) in [5.74, 6) is -0.504. The molecule has 0 fully saturated rings. The van der Waals surface area contributed by atoms with Crippen LogP contribution in [-0.4, -0.2) is 22.1 Å². The number of benzene rings is 1. The monoisotopic (exact) mass is 253 g/mol. The molecule has 0 saturated heterocycles. The van der Waals surface area contributed by atoms with E-state index >= 15 is 0 Å². The quantitative estimate of drug-likeness (QED) is 0.492. The van der Waals surface area contributed by atoms with Gasteiger partial charge >= 0.3 is 5.97 Å². The van der Waals surface area contributed by atoms with Crippen LogP contribution in [0.2, 0.25) is 0 Å². The molecule has 18 heavy (non-hydrogen) atoms. The van der Waals surface area contributed by atoms with Crippen molar-refractivity contribution in [2.75, 3.05) is 0 Å². The predicted molar refractivity (Wildman–Crippen MR) is 63.9 cm³/mol. The van der Waals surface area contributed by atoms with Gasteiger partial charge in [-0.25, -0.2) is 0 Å². The van der Waals surface area contributed by atoms with Gasteiger partial charge in [0.25, 0.3) is 5.69 Å². The molecule has 1 rings (SSSR count). The van der Waals surface area contributed by atoms with Crippen LogP contribution >= 0.6 is 0 Å². The summed E-state index contributed by atoms with van der Waals surface area (Å²) in [6, 6.07) is 5.41. The van der Waals surface area contributed by atoms with Gasteiger partial charge in [-0.15, -0.1) is 0 Å². The maximum Gasteiger partial charge on any atom is 0.309 e. The van der Waals surface area contributed by atoms with Crippen LogP contribution in [0.4, 0.5) is 5.69 Å². The highest BCUT2D eigenvalue weighted by Gasteiger charge is 2.16. The molecular weight excluding hydrogens is 238 g/mol. The summed E-state index contributed by atoms with van der Waals surface area (Å²) < 4.78 is 4.90. The van der Waals surface area contributed by atoms with Crippen LogP contribution in [0.5, 0.6) is 0 Å². The average Bonchev–Trinajstić information content (AvgIpc) is 2.27. The Labute approximate surface area is 104 Å². The number of nitrogens with zero attached hydrogens (tertiary/aromatic N) is 1. The lowest BCUT2D eigenvalue weighted by Crippen LogP contribution is -2.14. The largest absolute Gasteiger partial charge is 0.463 e. The highest BCUT2D eigenvalue weighted by atomic mass is 16.6. The van der Waals surface area contributed by atoms with Gasteiger partial charge in [0.15, 0.2) is 0 Å². The lowest BCUT2D eigenvalue weighted by molar-refractivity contribution is -0.384. The van der Waals surface area contributed by atoms with Crippen molar-refractivity contribution >= 4 is 11.7 Å². The van der Waals surface area contributed by atoms with Gasteiger partial charge in [-0.3, -0.25) is 14.9 Å². The predicted octanol–water partition coefficient (Wildman–Crippen LogP) is 1.97. The van der Waals surface area contributed by atoms with Crippen LogP contribution in [0.25, 0.3) is 0 Å².